The average molecular weight is 169 g/mol. The van der Waals surface area contributed by atoms with Crippen LogP contribution in [0.15, 0.2) is 0 Å². The fourth-order valence-electron chi connectivity index (χ4n) is 2.00. The van der Waals surface area contributed by atoms with Crippen molar-refractivity contribution in [2.45, 2.75) is 33.2 Å². The number of nitrogens with zero attached hydrogens (tertiary/aromatic N) is 1. The Kier molecular flexibility index (Phi) is 2.89. The van der Waals surface area contributed by atoms with E-state index in [0.717, 1.165) is 13.0 Å². The first-order valence-corrected chi connectivity index (χ1v) is 4.73. The molecule has 0 amide bonds. The number of Topliss-reactive ketones (excluding diaryl/α,β-unsaturated/α-hetero) is 1. The second-order valence-corrected chi connectivity index (χ2v) is 4.31. The van der Waals surface area contributed by atoms with Crippen molar-refractivity contribution in [2.75, 3.05) is 13.6 Å². The molecule has 1 rings (SSSR count). The lowest BCUT2D eigenvalue weighted by molar-refractivity contribution is -0.120. The van der Waals surface area contributed by atoms with Crippen molar-refractivity contribution in [2.24, 2.45) is 11.8 Å². The lowest BCUT2D eigenvalue weighted by atomic mass is 9.93. The van der Waals surface area contributed by atoms with Crippen LogP contribution in [0.1, 0.15) is 27.2 Å². The Balaban J connectivity index is 2.56. The predicted molar refractivity (Wildman–Crippen MR) is 50.0 cm³/mol. The largest absolute Gasteiger partial charge is 0.298 e. The van der Waals surface area contributed by atoms with Gasteiger partial charge < -0.3 is 0 Å². The highest BCUT2D eigenvalue weighted by atomic mass is 16.1. The molecule has 0 aromatic heterocycles. The van der Waals surface area contributed by atoms with Crippen molar-refractivity contribution >= 4 is 5.78 Å². The second-order valence-electron chi connectivity index (χ2n) is 4.31. The van der Waals surface area contributed by atoms with Gasteiger partial charge in [-0.15, -0.1) is 0 Å². The van der Waals surface area contributed by atoms with Gasteiger partial charge in [-0.3, -0.25) is 9.69 Å². The lowest BCUT2D eigenvalue weighted by Gasteiger charge is -2.15. The van der Waals surface area contributed by atoms with E-state index in [1.165, 1.54) is 0 Å². The first kappa shape index (κ1) is 9.72. The molecule has 0 aliphatic carbocycles. The van der Waals surface area contributed by atoms with Crippen molar-refractivity contribution in [3.63, 3.8) is 0 Å². The summed E-state index contributed by atoms with van der Waals surface area (Å²) in [5.41, 5.74) is 0. The maximum absolute atomic E-state index is 11.2. The van der Waals surface area contributed by atoms with E-state index in [1.807, 2.05) is 0 Å². The SMILES string of the molecule is CC(=O)[C@@H]1C[C@@H](C(C)C)CN1C. The van der Waals surface area contributed by atoms with Crippen LogP contribution in [0.4, 0.5) is 0 Å². The highest BCUT2D eigenvalue weighted by Crippen LogP contribution is 2.27. The molecule has 2 atom stereocenters. The van der Waals surface area contributed by atoms with E-state index in [4.69, 9.17) is 0 Å². The molecule has 0 saturated carbocycles. The first-order valence-electron chi connectivity index (χ1n) is 4.73. The molecule has 0 radical (unpaired) electrons. The zero-order chi connectivity index (χ0) is 9.30. The number of likely N-dealkylation sites (tertiary alicyclic amines) is 1. The van der Waals surface area contributed by atoms with Crippen LogP contribution in [0.25, 0.3) is 0 Å². The number of rotatable bonds is 2. The summed E-state index contributed by atoms with van der Waals surface area (Å²) in [6.07, 6.45) is 1.06. The third-order valence-corrected chi connectivity index (χ3v) is 2.99. The molecule has 1 aliphatic heterocycles. The summed E-state index contributed by atoms with van der Waals surface area (Å²) in [6.45, 7) is 7.26. The van der Waals surface area contributed by atoms with Crippen LogP contribution in [-0.2, 0) is 4.79 Å². The van der Waals surface area contributed by atoms with Gasteiger partial charge in [0, 0.05) is 6.54 Å². The number of likely N-dealkylation sites (N-methyl/N-ethyl adjacent to an activating group) is 1. The van der Waals surface area contributed by atoms with Gasteiger partial charge in [0.1, 0.15) is 5.78 Å². The van der Waals surface area contributed by atoms with Crippen LogP contribution in [0.5, 0.6) is 0 Å². The Morgan fingerprint density at radius 3 is 2.33 bits per heavy atom. The lowest BCUT2D eigenvalue weighted by Crippen LogP contribution is -2.30. The van der Waals surface area contributed by atoms with Gasteiger partial charge >= 0.3 is 0 Å². The molecule has 0 aromatic carbocycles. The normalized spacial score (nSPS) is 31.4. The molecule has 1 saturated heterocycles. The smallest absolute Gasteiger partial charge is 0.146 e. The first-order chi connectivity index (χ1) is 5.52. The molecule has 1 heterocycles. The highest BCUT2D eigenvalue weighted by molar-refractivity contribution is 5.81. The number of carbonyl (C=O) groups is 1. The maximum atomic E-state index is 11.2. The minimum Gasteiger partial charge on any atom is -0.298 e. The predicted octanol–water partition coefficient (Wildman–Crippen LogP) is 1.55. The average Bonchev–Trinajstić information content (AvgIpc) is 2.30. The summed E-state index contributed by atoms with van der Waals surface area (Å²) < 4.78 is 0. The molecule has 70 valence electrons. The van der Waals surface area contributed by atoms with E-state index in [1.54, 1.807) is 6.92 Å². The molecule has 1 aliphatic rings. The van der Waals surface area contributed by atoms with E-state index in [2.05, 4.69) is 25.8 Å². The molecule has 0 bridgehead atoms. The van der Waals surface area contributed by atoms with E-state index >= 15 is 0 Å². The van der Waals surface area contributed by atoms with Gasteiger partial charge in [0.15, 0.2) is 0 Å². The van der Waals surface area contributed by atoms with E-state index in [0.29, 0.717) is 17.6 Å². The van der Waals surface area contributed by atoms with Gasteiger partial charge in [-0.05, 0) is 32.2 Å². The Morgan fingerprint density at radius 1 is 1.50 bits per heavy atom. The van der Waals surface area contributed by atoms with Crippen LogP contribution < -0.4 is 0 Å². The molecule has 0 aromatic rings. The summed E-state index contributed by atoms with van der Waals surface area (Å²) in [7, 11) is 2.05. The fraction of sp³-hybridized carbons (Fsp3) is 0.900. The minimum atomic E-state index is 0.192. The summed E-state index contributed by atoms with van der Waals surface area (Å²) in [4.78, 5) is 13.4. The van der Waals surface area contributed by atoms with Crippen molar-refractivity contribution < 1.29 is 4.79 Å². The summed E-state index contributed by atoms with van der Waals surface area (Å²) in [5, 5.41) is 0. The zero-order valence-corrected chi connectivity index (χ0v) is 8.50. The molecular weight excluding hydrogens is 150 g/mol. The van der Waals surface area contributed by atoms with E-state index in [9.17, 15) is 4.79 Å². The summed E-state index contributed by atoms with van der Waals surface area (Å²) >= 11 is 0. The highest BCUT2D eigenvalue weighted by Gasteiger charge is 2.33. The Hall–Kier alpha value is -0.370. The topological polar surface area (TPSA) is 20.3 Å². The van der Waals surface area contributed by atoms with Crippen molar-refractivity contribution in [1.82, 2.24) is 4.90 Å². The number of carbonyl (C=O) groups excluding carboxylic acids is 1. The number of hydrogen-bond donors (Lipinski definition) is 0. The monoisotopic (exact) mass is 169 g/mol. The van der Waals surface area contributed by atoms with Gasteiger partial charge in [0.25, 0.3) is 0 Å². The van der Waals surface area contributed by atoms with Gasteiger partial charge in [-0.1, -0.05) is 13.8 Å². The third-order valence-electron chi connectivity index (χ3n) is 2.99. The van der Waals surface area contributed by atoms with Crippen molar-refractivity contribution in [1.29, 1.82) is 0 Å². The van der Waals surface area contributed by atoms with Crippen LogP contribution in [-0.4, -0.2) is 30.3 Å². The van der Waals surface area contributed by atoms with Gasteiger partial charge in [-0.2, -0.15) is 0 Å². The molecular formula is C10H19NO. The zero-order valence-electron chi connectivity index (χ0n) is 8.50. The minimum absolute atomic E-state index is 0.192. The Labute approximate surface area is 74.9 Å². The Bertz CT molecular complexity index is 177. The summed E-state index contributed by atoms with van der Waals surface area (Å²) in [5.74, 6) is 1.74. The van der Waals surface area contributed by atoms with E-state index < -0.39 is 0 Å². The standard InChI is InChI=1S/C10H19NO/c1-7(2)9-5-10(8(3)12)11(4)6-9/h7,9-10H,5-6H2,1-4H3/t9-,10+/m1/s1. The van der Waals surface area contributed by atoms with Crippen LogP contribution in [0, 0.1) is 11.8 Å². The fourth-order valence-corrected chi connectivity index (χ4v) is 2.00. The quantitative estimate of drug-likeness (QED) is 0.625. The molecule has 2 heteroatoms. The van der Waals surface area contributed by atoms with Gasteiger partial charge in [-0.25, -0.2) is 0 Å². The molecule has 0 N–H and O–H groups in total. The van der Waals surface area contributed by atoms with Crippen molar-refractivity contribution in [3.05, 3.63) is 0 Å². The molecule has 12 heavy (non-hydrogen) atoms. The maximum Gasteiger partial charge on any atom is 0.146 e. The Morgan fingerprint density at radius 2 is 2.08 bits per heavy atom. The molecule has 0 spiro atoms. The van der Waals surface area contributed by atoms with Crippen LogP contribution in [0.2, 0.25) is 0 Å². The summed E-state index contributed by atoms with van der Waals surface area (Å²) in [6, 6.07) is 0.192. The molecule has 2 nitrogen and oxygen atoms in total. The van der Waals surface area contributed by atoms with Crippen molar-refractivity contribution in [3.8, 4) is 0 Å². The molecule has 0 unspecified atom stereocenters. The van der Waals surface area contributed by atoms with E-state index in [-0.39, 0.29) is 6.04 Å². The second kappa shape index (κ2) is 3.56. The number of hydrogen-bond acceptors (Lipinski definition) is 2. The van der Waals surface area contributed by atoms with Gasteiger partial charge in [0.05, 0.1) is 6.04 Å². The number of ketones is 1. The molecule has 1 fully saturated rings. The third kappa shape index (κ3) is 1.86. The van der Waals surface area contributed by atoms with Crippen LogP contribution >= 0.6 is 0 Å². The van der Waals surface area contributed by atoms with Gasteiger partial charge in [0.2, 0.25) is 0 Å². The van der Waals surface area contributed by atoms with Crippen LogP contribution in [0.3, 0.4) is 0 Å².